The second kappa shape index (κ2) is 5.11. The van der Waals surface area contributed by atoms with Crippen molar-refractivity contribution in [3.8, 4) is 0 Å². The van der Waals surface area contributed by atoms with E-state index in [0.717, 1.165) is 11.1 Å². The number of carbonyl (C=O) groups excluding carboxylic acids is 2. The van der Waals surface area contributed by atoms with Crippen LogP contribution in [0.2, 0.25) is 0 Å². The highest BCUT2D eigenvalue weighted by atomic mass is 16.5. The standard InChI is InChI=1S/C17H18O4/c1-20-16(19)10-13-12-5-3-4-6-14(12)17(21-2)8-7-11(18)9-15(13)17/h3-8,13,15H,9-10H2,1-2H3/t13-,15-,17-/m1/s1. The molecule has 0 amide bonds. The number of allylic oxidation sites excluding steroid dienone is 1. The maximum Gasteiger partial charge on any atom is 0.306 e. The highest BCUT2D eigenvalue weighted by Crippen LogP contribution is 2.56. The topological polar surface area (TPSA) is 52.6 Å². The molecule has 0 spiro atoms. The fourth-order valence-electron chi connectivity index (χ4n) is 3.74. The van der Waals surface area contributed by atoms with Gasteiger partial charge in [-0.05, 0) is 23.3 Å². The molecule has 3 atom stereocenters. The predicted molar refractivity (Wildman–Crippen MR) is 76.8 cm³/mol. The molecular formula is C17H18O4. The fourth-order valence-corrected chi connectivity index (χ4v) is 3.74. The molecule has 3 rings (SSSR count). The second-order valence-electron chi connectivity index (χ2n) is 5.58. The minimum absolute atomic E-state index is 0.0532. The molecule has 0 aromatic heterocycles. The molecule has 1 aromatic carbocycles. The van der Waals surface area contributed by atoms with Crippen molar-refractivity contribution in [2.24, 2.45) is 5.92 Å². The summed E-state index contributed by atoms with van der Waals surface area (Å²) in [6, 6.07) is 7.94. The van der Waals surface area contributed by atoms with Gasteiger partial charge >= 0.3 is 5.97 Å². The van der Waals surface area contributed by atoms with Gasteiger partial charge in [-0.25, -0.2) is 0 Å². The molecule has 2 aliphatic carbocycles. The molecule has 0 bridgehead atoms. The molecule has 0 saturated heterocycles. The van der Waals surface area contributed by atoms with Crippen molar-refractivity contribution in [1.82, 2.24) is 0 Å². The van der Waals surface area contributed by atoms with E-state index in [1.807, 2.05) is 30.3 Å². The Morgan fingerprint density at radius 3 is 2.81 bits per heavy atom. The maximum atomic E-state index is 11.9. The van der Waals surface area contributed by atoms with Crippen molar-refractivity contribution < 1.29 is 19.1 Å². The van der Waals surface area contributed by atoms with Gasteiger partial charge in [0.15, 0.2) is 5.78 Å². The van der Waals surface area contributed by atoms with E-state index in [-0.39, 0.29) is 30.0 Å². The summed E-state index contributed by atoms with van der Waals surface area (Å²) in [6.07, 6.45) is 4.10. The third-order valence-electron chi connectivity index (χ3n) is 4.71. The van der Waals surface area contributed by atoms with Crippen molar-refractivity contribution in [2.45, 2.75) is 24.4 Å². The number of ether oxygens (including phenoxy) is 2. The van der Waals surface area contributed by atoms with E-state index in [1.165, 1.54) is 7.11 Å². The van der Waals surface area contributed by atoms with E-state index in [1.54, 1.807) is 13.2 Å². The van der Waals surface area contributed by atoms with Gasteiger partial charge in [-0.15, -0.1) is 0 Å². The molecule has 21 heavy (non-hydrogen) atoms. The van der Waals surface area contributed by atoms with Crippen LogP contribution in [0.3, 0.4) is 0 Å². The van der Waals surface area contributed by atoms with Gasteiger partial charge in [0.1, 0.15) is 5.60 Å². The van der Waals surface area contributed by atoms with Gasteiger partial charge in [-0.1, -0.05) is 24.3 Å². The molecular weight excluding hydrogens is 268 g/mol. The molecule has 1 aromatic rings. The predicted octanol–water partition coefficient (Wildman–Crippen LogP) is 2.33. The minimum Gasteiger partial charge on any atom is -0.469 e. The summed E-state index contributed by atoms with van der Waals surface area (Å²) >= 11 is 0. The summed E-state index contributed by atoms with van der Waals surface area (Å²) in [5.41, 5.74) is 1.52. The summed E-state index contributed by atoms with van der Waals surface area (Å²) in [5, 5.41) is 0. The van der Waals surface area contributed by atoms with Crippen molar-refractivity contribution in [3.05, 3.63) is 47.5 Å². The quantitative estimate of drug-likeness (QED) is 0.800. The SMILES string of the molecule is COC(=O)C[C@@H]1c2ccccc2[C@]2(OC)C=CC(=O)C[C@H]12. The summed E-state index contributed by atoms with van der Waals surface area (Å²) in [6.45, 7) is 0. The summed E-state index contributed by atoms with van der Waals surface area (Å²) in [4.78, 5) is 23.6. The van der Waals surface area contributed by atoms with E-state index in [0.29, 0.717) is 6.42 Å². The highest BCUT2D eigenvalue weighted by Gasteiger charge is 2.53. The molecule has 0 saturated carbocycles. The van der Waals surface area contributed by atoms with Gasteiger partial charge in [-0.3, -0.25) is 9.59 Å². The molecule has 4 nitrogen and oxygen atoms in total. The zero-order valence-corrected chi connectivity index (χ0v) is 12.2. The van der Waals surface area contributed by atoms with Crippen LogP contribution in [0.25, 0.3) is 0 Å². The lowest BCUT2D eigenvalue weighted by Crippen LogP contribution is -2.37. The number of carbonyl (C=O) groups is 2. The number of hydrogen-bond donors (Lipinski definition) is 0. The van der Waals surface area contributed by atoms with Crippen molar-refractivity contribution in [1.29, 1.82) is 0 Å². The maximum absolute atomic E-state index is 11.9. The second-order valence-corrected chi connectivity index (χ2v) is 5.58. The van der Waals surface area contributed by atoms with E-state index in [2.05, 4.69) is 0 Å². The lowest BCUT2D eigenvalue weighted by molar-refractivity contribution is -0.142. The largest absolute Gasteiger partial charge is 0.469 e. The first kappa shape index (κ1) is 14.0. The zero-order chi connectivity index (χ0) is 15.0. The van der Waals surface area contributed by atoms with E-state index in [4.69, 9.17) is 9.47 Å². The lowest BCUT2D eigenvalue weighted by atomic mass is 9.75. The Bertz CT molecular complexity index is 619. The molecule has 0 radical (unpaired) electrons. The van der Waals surface area contributed by atoms with E-state index >= 15 is 0 Å². The number of fused-ring (bicyclic) bond motifs is 3. The van der Waals surface area contributed by atoms with Gasteiger partial charge < -0.3 is 9.47 Å². The Balaban J connectivity index is 2.12. The number of benzene rings is 1. The number of esters is 1. The molecule has 4 heteroatoms. The minimum atomic E-state index is -0.608. The zero-order valence-electron chi connectivity index (χ0n) is 12.2. The van der Waals surface area contributed by atoms with E-state index < -0.39 is 5.60 Å². The number of ketones is 1. The van der Waals surface area contributed by atoms with Crippen LogP contribution in [0.15, 0.2) is 36.4 Å². The average Bonchev–Trinajstić information content (AvgIpc) is 2.78. The average molecular weight is 286 g/mol. The number of rotatable bonds is 3. The van der Waals surface area contributed by atoms with Crippen molar-refractivity contribution in [3.63, 3.8) is 0 Å². The van der Waals surface area contributed by atoms with Gasteiger partial charge in [0.25, 0.3) is 0 Å². The van der Waals surface area contributed by atoms with Gasteiger partial charge in [-0.2, -0.15) is 0 Å². The van der Waals surface area contributed by atoms with Crippen LogP contribution in [0.1, 0.15) is 29.9 Å². The Kier molecular flexibility index (Phi) is 3.41. The fraction of sp³-hybridized carbons (Fsp3) is 0.412. The number of methoxy groups -OCH3 is 2. The third-order valence-corrected chi connectivity index (χ3v) is 4.71. The first-order chi connectivity index (χ1) is 10.1. The van der Waals surface area contributed by atoms with Crippen LogP contribution >= 0.6 is 0 Å². The van der Waals surface area contributed by atoms with Gasteiger partial charge in [0.05, 0.1) is 13.5 Å². The van der Waals surface area contributed by atoms with E-state index in [9.17, 15) is 9.59 Å². The molecule has 0 aliphatic heterocycles. The van der Waals surface area contributed by atoms with Crippen molar-refractivity contribution in [2.75, 3.05) is 14.2 Å². The lowest BCUT2D eigenvalue weighted by Gasteiger charge is -2.36. The van der Waals surface area contributed by atoms with Gasteiger partial charge in [0, 0.05) is 25.4 Å². The molecule has 2 aliphatic rings. The monoisotopic (exact) mass is 286 g/mol. The molecule has 0 unspecified atom stereocenters. The smallest absolute Gasteiger partial charge is 0.306 e. The molecule has 0 N–H and O–H groups in total. The van der Waals surface area contributed by atoms with Crippen LogP contribution in [0, 0.1) is 5.92 Å². The Morgan fingerprint density at radius 2 is 2.10 bits per heavy atom. The van der Waals surface area contributed by atoms with Crippen LogP contribution in [-0.4, -0.2) is 26.0 Å². The normalized spacial score (nSPS) is 29.9. The summed E-state index contributed by atoms with van der Waals surface area (Å²) in [5.74, 6) is -0.293. The van der Waals surface area contributed by atoms with Crippen molar-refractivity contribution >= 4 is 11.8 Å². The molecule has 0 fully saturated rings. The van der Waals surface area contributed by atoms with Gasteiger partial charge in [0.2, 0.25) is 0 Å². The highest BCUT2D eigenvalue weighted by molar-refractivity contribution is 5.92. The molecule has 0 heterocycles. The van der Waals surface area contributed by atoms with Crippen LogP contribution in [0.5, 0.6) is 0 Å². The summed E-state index contributed by atoms with van der Waals surface area (Å²) in [7, 11) is 3.04. The first-order valence-electron chi connectivity index (χ1n) is 7.06. The Labute approximate surface area is 123 Å². The Morgan fingerprint density at radius 1 is 1.33 bits per heavy atom. The third kappa shape index (κ3) is 2.02. The first-order valence-corrected chi connectivity index (χ1v) is 7.06. The van der Waals surface area contributed by atoms with Crippen LogP contribution in [0.4, 0.5) is 0 Å². The number of hydrogen-bond acceptors (Lipinski definition) is 4. The Hall–Kier alpha value is -1.94. The summed E-state index contributed by atoms with van der Waals surface area (Å²) < 4.78 is 10.6. The molecule has 110 valence electrons. The van der Waals surface area contributed by atoms with Crippen LogP contribution < -0.4 is 0 Å². The van der Waals surface area contributed by atoms with Crippen LogP contribution in [-0.2, 0) is 24.7 Å².